The summed E-state index contributed by atoms with van der Waals surface area (Å²) in [4.78, 5) is 14.4. The van der Waals surface area contributed by atoms with Crippen molar-refractivity contribution in [2.45, 2.75) is 26.7 Å². The summed E-state index contributed by atoms with van der Waals surface area (Å²) >= 11 is 0. The van der Waals surface area contributed by atoms with Gasteiger partial charge in [0.2, 0.25) is 0 Å². The van der Waals surface area contributed by atoms with Gasteiger partial charge in [0.15, 0.2) is 5.82 Å². The second kappa shape index (κ2) is 8.70. The van der Waals surface area contributed by atoms with E-state index < -0.39 is 4.92 Å². The summed E-state index contributed by atoms with van der Waals surface area (Å²) in [6.07, 6.45) is 3.28. The van der Waals surface area contributed by atoms with E-state index >= 15 is 0 Å². The zero-order valence-corrected chi connectivity index (χ0v) is 10.1. The largest absolute Gasteiger partial charge is 0.369 e. The van der Waals surface area contributed by atoms with Gasteiger partial charge in [-0.15, -0.1) is 0 Å². The molecule has 0 spiro atoms. The highest BCUT2D eigenvalue weighted by Gasteiger charge is 2.14. The number of rotatable bonds is 8. The summed E-state index contributed by atoms with van der Waals surface area (Å²) in [6, 6.07) is 0. The molecule has 16 heavy (non-hydrogen) atoms. The van der Waals surface area contributed by atoms with Gasteiger partial charge in [-0.05, 0) is 13.3 Å². The van der Waals surface area contributed by atoms with Crippen molar-refractivity contribution in [3.8, 4) is 0 Å². The molecule has 92 valence electrons. The van der Waals surface area contributed by atoms with Gasteiger partial charge in [-0.1, -0.05) is 13.3 Å². The number of unbranched alkanes of at least 4 members (excludes halogenated alkanes) is 1. The minimum atomic E-state index is -0.441. The molecular weight excluding hydrogens is 208 g/mol. The quantitative estimate of drug-likeness (QED) is 0.282. The van der Waals surface area contributed by atoms with Crippen molar-refractivity contribution in [2.75, 3.05) is 20.1 Å². The van der Waals surface area contributed by atoms with Gasteiger partial charge in [0, 0.05) is 20.1 Å². The number of aliphatic imine (C=N–C) groups is 1. The highest BCUT2D eigenvalue weighted by atomic mass is 16.6. The molecule has 0 aliphatic carbocycles. The number of nitro groups is 1. The van der Waals surface area contributed by atoms with Crippen molar-refractivity contribution < 1.29 is 4.92 Å². The maximum Gasteiger partial charge on any atom is 0.326 e. The third-order valence-corrected chi connectivity index (χ3v) is 1.91. The van der Waals surface area contributed by atoms with E-state index in [0.717, 1.165) is 12.8 Å². The van der Waals surface area contributed by atoms with Gasteiger partial charge in [-0.25, -0.2) is 0 Å². The minimum absolute atomic E-state index is 0.0274. The molecule has 0 aromatic heterocycles. The van der Waals surface area contributed by atoms with Gasteiger partial charge in [-0.3, -0.25) is 15.1 Å². The van der Waals surface area contributed by atoms with Crippen molar-refractivity contribution in [3.05, 3.63) is 21.6 Å². The monoisotopic (exact) mass is 228 g/mol. The molecule has 0 rings (SSSR count). The summed E-state index contributed by atoms with van der Waals surface area (Å²) in [6.45, 7) is 5.17. The molecule has 6 heteroatoms. The number of nitrogens with zero attached hydrogens (tertiary/aromatic N) is 2. The summed E-state index contributed by atoms with van der Waals surface area (Å²) in [5, 5.41) is 16.5. The summed E-state index contributed by atoms with van der Waals surface area (Å²) in [5.74, 6) is 0.396. The molecule has 0 atom stereocenters. The Morgan fingerprint density at radius 2 is 2.19 bits per heavy atom. The molecule has 0 heterocycles. The summed E-state index contributed by atoms with van der Waals surface area (Å²) in [5.41, 5.74) is -0.0274. The van der Waals surface area contributed by atoms with Crippen LogP contribution < -0.4 is 10.6 Å². The highest BCUT2D eigenvalue weighted by Crippen LogP contribution is 1.97. The molecule has 0 radical (unpaired) electrons. The number of allylic oxidation sites excluding steroid dienone is 1. The zero-order valence-electron chi connectivity index (χ0n) is 10.1. The molecule has 0 bridgehead atoms. The molecule has 0 saturated heterocycles. The lowest BCUT2D eigenvalue weighted by atomic mass is 10.3. The Bertz CT molecular complexity index is 274. The van der Waals surface area contributed by atoms with E-state index in [1.807, 2.05) is 6.92 Å². The van der Waals surface area contributed by atoms with Gasteiger partial charge >= 0.3 is 5.70 Å². The Hall–Kier alpha value is -1.59. The Morgan fingerprint density at radius 1 is 1.50 bits per heavy atom. The first-order valence-electron chi connectivity index (χ1n) is 5.47. The van der Waals surface area contributed by atoms with Crippen LogP contribution in [-0.2, 0) is 0 Å². The fourth-order valence-corrected chi connectivity index (χ4v) is 1.09. The molecule has 0 aliphatic heterocycles. The number of hydrogen-bond acceptors (Lipinski definition) is 5. The molecule has 0 amide bonds. The summed E-state index contributed by atoms with van der Waals surface area (Å²) < 4.78 is 0. The normalized spacial score (nSPS) is 12.4. The average molecular weight is 228 g/mol. The van der Waals surface area contributed by atoms with Crippen LogP contribution in [0.15, 0.2) is 16.5 Å². The van der Waals surface area contributed by atoms with Crippen LogP contribution in [0.4, 0.5) is 0 Å². The second-order valence-corrected chi connectivity index (χ2v) is 3.19. The van der Waals surface area contributed by atoms with Crippen molar-refractivity contribution in [3.63, 3.8) is 0 Å². The van der Waals surface area contributed by atoms with Gasteiger partial charge < -0.3 is 10.6 Å². The van der Waals surface area contributed by atoms with Crippen LogP contribution in [-0.4, -0.2) is 31.3 Å². The maximum atomic E-state index is 10.8. The van der Waals surface area contributed by atoms with Gasteiger partial charge in [0.05, 0.1) is 4.92 Å². The van der Waals surface area contributed by atoms with Crippen LogP contribution in [0.5, 0.6) is 0 Å². The van der Waals surface area contributed by atoms with Gasteiger partial charge in [0.1, 0.15) is 6.21 Å². The molecule has 2 N–H and O–H groups in total. The van der Waals surface area contributed by atoms with Gasteiger partial charge in [-0.2, -0.15) is 0 Å². The predicted molar refractivity (Wildman–Crippen MR) is 65.0 cm³/mol. The molecule has 6 nitrogen and oxygen atoms in total. The van der Waals surface area contributed by atoms with Crippen molar-refractivity contribution in [2.24, 2.45) is 4.99 Å². The fourth-order valence-electron chi connectivity index (χ4n) is 1.09. The maximum absolute atomic E-state index is 10.8. The topological polar surface area (TPSA) is 79.6 Å². The Morgan fingerprint density at radius 3 is 2.62 bits per heavy atom. The number of nitrogens with one attached hydrogen (secondary N) is 2. The highest BCUT2D eigenvalue weighted by molar-refractivity contribution is 5.76. The Kier molecular flexibility index (Phi) is 7.83. The smallest absolute Gasteiger partial charge is 0.326 e. The lowest BCUT2D eigenvalue weighted by Gasteiger charge is -2.06. The van der Waals surface area contributed by atoms with Crippen LogP contribution in [0.2, 0.25) is 0 Å². The number of hydrogen-bond donors (Lipinski definition) is 2. The predicted octanol–water partition coefficient (Wildman–Crippen LogP) is 1.13. The van der Waals surface area contributed by atoms with E-state index in [2.05, 4.69) is 22.5 Å². The van der Waals surface area contributed by atoms with E-state index in [1.54, 1.807) is 7.05 Å². The Balaban J connectivity index is 4.69. The third-order valence-electron chi connectivity index (χ3n) is 1.91. The first-order valence-corrected chi connectivity index (χ1v) is 5.47. The van der Waals surface area contributed by atoms with Crippen molar-refractivity contribution >= 4 is 6.21 Å². The second-order valence-electron chi connectivity index (χ2n) is 3.19. The first-order chi connectivity index (χ1) is 7.67. The van der Waals surface area contributed by atoms with Crippen LogP contribution in [0.25, 0.3) is 0 Å². The van der Waals surface area contributed by atoms with E-state index in [0.29, 0.717) is 18.9 Å². The van der Waals surface area contributed by atoms with Crippen molar-refractivity contribution in [1.29, 1.82) is 0 Å². The molecule has 0 aromatic rings. The third kappa shape index (κ3) is 5.33. The van der Waals surface area contributed by atoms with Gasteiger partial charge in [0.25, 0.3) is 0 Å². The van der Waals surface area contributed by atoms with Crippen molar-refractivity contribution in [1.82, 2.24) is 10.6 Å². The van der Waals surface area contributed by atoms with Crippen LogP contribution in [0.3, 0.4) is 0 Å². The van der Waals surface area contributed by atoms with Crippen LogP contribution in [0.1, 0.15) is 26.7 Å². The molecule has 0 aliphatic rings. The molecular formula is C10H20N4O2. The zero-order chi connectivity index (χ0) is 12.4. The van der Waals surface area contributed by atoms with Crippen LogP contribution in [0, 0.1) is 10.1 Å². The molecule has 0 saturated carbocycles. The average Bonchev–Trinajstić information content (AvgIpc) is 2.26. The minimum Gasteiger partial charge on any atom is -0.369 e. The fraction of sp³-hybridized carbons (Fsp3) is 0.700. The standard InChI is InChI=1S/C10H20N4O2/c1-4-6-7-12-8-9(14(15)16)10(11-3)13-5-2/h8,11,13H,4-7H2,1-3H3/b10-9-,12-8?. The lowest BCUT2D eigenvalue weighted by molar-refractivity contribution is -0.416. The SMILES string of the molecule is CCCCN=C/C(=C(\NC)NCC)[N+](=O)[O-]. The van der Waals surface area contributed by atoms with E-state index in [9.17, 15) is 10.1 Å². The van der Waals surface area contributed by atoms with Crippen LogP contribution >= 0.6 is 0 Å². The Labute approximate surface area is 96.0 Å². The molecule has 0 aromatic carbocycles. The lowest BCUT2D eigenvalue weighted by Crippen LogP contribution is -2.27. The van der Waals surface area contributed by atoms with E-state index in [1.165, 1.54) is 6.21 Å². The molecule has 0 unspecified atom stereocenters. The van der Waals surface area contributed by atoms with E-state index in [4.69, 9.17) is 0 Å². The van der Waals surface area contributed by atoms with E-state index in [-0.39, 0.29) is 5.70 Å². The molecule has 0 fully saturated rings. The summed E-state index contributed by atoms with van der Waals surface area (Å²) in [7, 11) is 1.64. The first kappa shape index (κ1) is 14.4.